The molecule has 0 aromatic carbocycles. The van der Waals surface area contributed by atoms with Crippen LogP contribution in [-0.2, 0) is 28.8 Å². The van der Waals surface area contributed by atoms with Gasteiger partial charge in [0.25, 0.3) is 5.91 Å². The fraction of sp³-hybridized carbons (Fsp3) is 0.864. The summed E-state index contributed by atoms with van der Waals surface area (Å²) < 4.78 is 0. The molecule has 1 saturated heterocycles. The Morgan fingerprint density at radius 3 is 2.04 bits per heavy atom. The second-order valence-electron chi connectivity index (χ2n) is 20.5. The third-order valence-electron chi connectivity index (χ3n) is 15.6. The first-order chi connectivity index (χ1) is 26.4. The van der Waals surface area contributed by atoms with Crippen LogP contribution in [0.3, 0.4) is 0 Å². The fourth-order valence-corrected chi connectivity index (χ4v) is 11.6. The van der Waals surface area contributed by atoms with Crippen LogP contribution in [0.1, 0.15) is 151 Å². The Hall–Kier alpha value is -3.02. The van der Waals surface area contributed by atoms with E-state index < -0.39 is 47.2 Å². The molecule has 1 unspecified atom stereocenters. The van der Waals surface area contributed by atoms with Gasteiger partial charge in [0.05, 0.1) is 6.04 Å². The summed E-state index contributed by atoms with van der Waals surface area (Å²) in [5, 5.41) is 12.1. The lowest BCUT2D eigenvalue weighted by Crippen LogP contribution is -2.62. The molecule has 12 nitrogen and oxygen atoms in total. The molecule has 1 heterocycles. The largest absolute Gasteiger partial charge is 0.347 e. The molecule has 6 fully saturated rings. The summed E-state index contributed by atoms with van der Waals surface area (Å²) in [6.45, 7) is 12.6. The lowest BCUT2D eigenvalue weighted by molar-refractivity contribution is -0.145. The molecule has 5 amide bonds. The number of likely N-dealkylation sites (tertiary alicyclic amines) is 1. The van der Waals surface area contributed by atoms with E-state index in [0.29, 0.717) is 31.8 Å². The molecule has 4 N–H and O–H groups in total. The average molecular weight is 781 g/mol. The number of amides is 5. The molecular formula is C44H72N6O6. The first-order valence-electron chi connectivity index (χ1n) is 22.1. The number of carbonyl (C=O) groups is 6. The third kappa shape index (κ3) is 8.02. The highest BCUT2D eigenvalue weighted by molar-refractivity contribution is 6.38. The molecule has 6 aliphatic rings. The SMILES string of the molecule is CCC[C@H](NC(=O)[C@@H]1C[C@@]2(CN1C(=O)[C@@H](NC(=O)[C@@H](NC(=O)[C@@H]1CCCC(N(C)C)C1)C1CCCCC1)C(C)(C)C)C(C)(C)C21CCC1)C(=O)C(=O)NC1CC1. The number of rotatable bonds is 14. The minimum Gasteiger partial charge on any atom is -0.347 e. The van der Waals surface area contributed by atoms with Crippen molar-refractivity contribution in [2.24, 2.45) is 33.5 Å². The first kappa shape index (κ1) is 42.6. The predicted octanol–water partition coefficient (Wildman–Crippen LogP) is 4.63. The number of fused-ring (bicyclic) bond motifs is 1. The van der Waals surface area contributed by atoms with Gasteiger partial charge in [0, 0.05) is 30.0 Å². The van der Waals surface area contributed by atoms with Crippen molar-refractivity contribution in [2.75, 3.05) is 20.6 Å². The van der Waals surface area contributed by atoms with Gasteiger partial charge < -0.3 is 31.1 Å². The number of nitrogens with one attached hydrogen (secondary N) is 4. The maximum Gasteiger partial charge on any atom is 0.289 e. The monoisotopic (exact) mass is 781 g/mol. The summed E-state index contributed by atoms with van der Waals surface area (Å²) in [7, 11) is 4.11. The summed E-state index contributed by atoms with van der Waals surface area (Å²) in [6, 6.07) is -3.22. The van der Waals surface area contributed by atoms with Gasteiger partial charge in [-0.1, -0.05) is 80.1 Å². The second-order valence-corrected chi connectivity index (χ2v) is 20.5. The van der Waals surface area contributed by atoms with Crippen LogP contribution in [0.15, 0.2) is 0 Å². The van der Waals surface area contributed by atoms with E-state index in [1.165, 1.54) is 0 Å². The van der Waals surface area contributed by atoms with Gasteiger partial charge in [0.2, 0.25) is 29.4 Å². The molecule has 314 valence electrons. The summed E-state index contributed by atoms with van der Waals surface area (Å²) in [5.74, 6) is -2.68. The van der Waals surface area contributed by atoms with Gasteiger partial charge in [-0.3, -0.25) is 28.8 Å². The maximum absolute atomic E-state index is 15.1. The molecule has 1 aliphatic heterocycles. The Balaban J connectivity index is 1.24. The fourth-order valence-electron chi connectivity index (χ4n) is 11.6. The zero-order chi connectivity index (χ0) is 40.8. The number of carbonyl (C=O) groups excluding carboxylic acids is 6. The van der Waals surface area contributed by atoms with E-state index in [-0.39, 0.29) is 51.8 Å². The van der Waals surface area contributed by atoms with Crippen molar-refractivity contribution < 1.29 is 28.8 Å². The van der Waals surface area contributed by atoms with Crippen LogP contribution in [0.5, 0.6) is 0 Å². The van der Waals surface area contributed by atoms with E-state index in [0.717, 1.165) is 89.9 Å². The van der Waals surface area contributed by atoms with E-state index in [2.05, 4.69) is 54.1 Å². The van der Waals surface area contributed by atoms with Crippen LogP contribution in [-0.4, -0.2) is 102 Å². The zero-order valence-electron chi connectivity index (χ0n) is 35.7. The van der Waals surface area contributed by atoms with Crippen molar-refractivity contribution in [2.45, 2.75) is 187 Å². The highest BCUT2D eigenvalue weighted by Gasteiger charge is 2.85. The molecule has 2 spiro atoms. The molecule has 6 rings (SSSR count). The average Bonchev–Trinajstić information content (AvgIpc) is 3.96. The number of hydrogen-bond acceptors (Lipinski definition) is 7. The Morgan fingerprint density at radius 2 is 1.48 bits per heavy atom. The van der Waals surface area contributed by atoms with Crippen LogP contribution in [0.25, 0.3) is 0 Å². The van der Waals surface area contributed by atoms with Crippen LogP contribution in [0, 0.1) is 33.5 Å². The lowest BCUT2D eigenvalue weighted by Gasteiger charge is -2.38. The van der Waals surface area contributed by atoms with Crippen LogP contribution < -0.4 is 21.3 Å². The van der Waals surface area contributed by atoms with E-state index in [1.54, 1.807) is 4.90 Å². The topological polar surface area (TPSA) is 157 Å². The minimum absolute atomic E-state index is 0.0151. The van der Waals surface area contributed by atoms with Gasteiger partial charge in [-0.15, -0.1) is 0 Å². The summed E-state index contributed by atoms with van der Waals surface area (Å²) in [4.78, 5) is 88.2. The Labute approximate surface area is 335 Å². The molecule has 0 bridgehead atoms. The van der Waals surface area contributed by atoms with Gasteiger partial charge in [-0.05, 0) is 107 Å². The smallest absolute Gasteiger partial charge is 0.289 e. The molecule has 0 aromatic rings. The van der Waals surface area contributed by atoms with Crippen molar-refractivity contribution in [3.63, 3.8) is 0 Å². The van der Waals surface area contributed by atoms with E-state index in [1.807, 2.05) is 27.7 Å². The lowest BCUT2D eigenvalue weighted by atomic mass is 9.73. The molecule has 56 heavy (non-hydrogen) atoms. The number of nitrogens with zero attached hydrogens (tertiary/aromatic N) is 2. The summed E-state index contributed by atoms with van der Waals surface area (Å²) >= 11 is 0. The van der Waals surface area contributed by atoms with Crippen LogP contribution in [0.4, 0.5) is 0 Å². The Bertz CT molecular complexity index is 1520. The van der Waals surface area contributed by atoms with Crippen molar-refractivity contribution in [3.05, 3.63) is 0 Å². The molecule has 12 heteroatoms. The van der Waals surface area contributed by atoms with Gasteiger partial charge >= 0.3 is 0 Å². The second kappa shape index (κ2) is 16.3. The van der Waals surface area contributed by atoms with Gasteiger partial charge in [-0.25, -0.2) is 0 Å². The summed E-state index contributed by atoms with van der Waals surface area (Å²) in [5.41, 5.74) is -1.03. The molecule has 7 atom stereocenters. The Kier molecular flexibility index (Phi) is 12.4. The standard InChI is InChI=1S/C44H72N6O6/c1-9-15-31(34(51)39(55)45-29-20-21-29)46-37(53)32-25-44(42(5,6)43(44)22-14-23-43)26-50(32)40(56)35(41(2,3)4)48-38(54)33(27-16-11-10-12-17-27)47-36(52)28-18-13-19-30(24-28)49(7)8/h27-33,35H,9-26H2,1-8H3,(H,45,55)(H,46,53)(H,47,52)(H,48,54)/t28-,30?,31+,32+,33+,35-,44-/m1/s1. The molecule has 0 aromatic heterocycles. The third-order valence-corrected chi connectivity index (χ3v) is 15.6. The van der Waals surface area contributed by atoms with Crippen LogP contribution >= 0.6 is 0 Å². The van der Waals surface area contributed by atoms with Crippen LogP contribution in [0.2, 0.25) is 0 Å². The molecule has 0 radical (unpaired) electrons. The van der Waals surface area contributed by atoms with Gasteiger partial charge in [-0.2, -0.15) is 0 Å². The quantitative estimate of drug-likeness (QED) is 0.187. The number of Topliss-reactive ketones (excluding diaryl/α,β-unsaturated/α-hetero) is 1. The number of ketones is 1. The Morgan fingerprint density at radius 1 is 0.804 bits per heavy atom. The highest BCUT2D eigenvalue weighted by atomic mass is 16.2. The molecule has 5 aliphatic carbocycles. The molecular weight excluding hydrogens is 709 g/mol. The van der Waals surface area contributed by atoms with Crippen molar-refractivity contribution >= 4 is 35.3 Å². The minimum atomic E-state index is -0.986. The van der Waals surface area contributed by atoms with Crippen molar-refractivity contribution in [1.29, 1.82) is 0 Å². The van der Waals surface area contributed by atoms with Gasteiger partial charge in [0.1, 0.15) is 18.1 Å². The van der Waals surface area contributed by atoms with E-state index >= 15 is 4.79 Å². The summed E-state index contributed by atoms with van der Waals surface area (Å²) in [6.07, 6.45) is 14.6. The van der Waals surface area contributed by atoms with E-state index in [9.17, 15) is 24.0 Å². The highest BCUT2D eigenvalue weighted by Crippen LogP contribution is 2.88. The van der Waals surface area contributed by atoms with E-state index in [4.69, 9.17) is 0 Å². The number of hydrogen-bond donors (Lipinski definition) is 4. The zero-order valence-corrected chi connectivity index (χ0v) is 35.7. The normalized spacial score (nSPS) is 29.9. The maximum atomic E-state index is 15.1. The predicted molar refractivity (Wildman–Crippen MR) is 215 cm³/mol. The van der Waals surface area contributed by atoms with Gasteiger partial charge in [0.15, 0.2) is 0 Å². The van der Waals surface area contributed by atoms with Crippen molar-refractivity contribution in [3.8, 4) is 0 Å². The van der Waals surface area contributed by atoms with Crippen molar-refractivity contribution in [1.82, 2.24) is 31.1 Å². The molecule has 5 saturated carbocycles. The first-order valence-corrected chi connectivity index (χ1v) is 22.1.